The fraction of sp³-hybridized carbons (Fsp3) is 0.478. The Morgan fingerprint density at radius 3 is 2.74 bits per heavy atom. The van der Waals surface area contributed by atoms with Crippen LogP contribution in [0.4, 0.5) is 17.5 Å². The van der Waals surface area contributed by atoms with Crippen LogP contribution in [0.25, 0.3) is 11.5 Å². The standard InChI is InChI=1S/C23H26N6O2/c1-13-11-24-22(26-18-4-2-3-15(7-18)21-29-25-12-31-21)28-20(13)27-19-16-5-14-6-17(19)10-23(30,8-14)9-16/h2-4,7,11-12,14,16-17,19,30H,5-6,8-10H2,1H3,(H2,24,26,27,28)/t14?,16?,17?,19-,23+. The van der Waals surface area contributed by atoms with Crippen molar-refractivity contribution in [1.29, 1.82) is 0 Å². The molecule has 2 heterocycles. The second-order valence-corrected chi connectivity index (χ2v) is 9.54. The molecular weight excluding hydrogens is 392 g/mol. The molecule has 8 nitrogen and oxygen atoms in total. The van der Waals surface area contributed by atoms with E-state index in [1.54, 1.807) is 0 Å². The maximum Gasteiger partial charge on any atom is 0.247 e. The number of aryl methyl sites for hydroxylation is 1. The minimum atomic E-state index is -0.425. The van der Waals surface area contributed by atoms with Crippen LogP contribution in [-0.4, -0.2) is 36.9 Å². The Kier molecular flexibility index (Phi) is 4.24. The fourth-order valence-electron chi connectivity index (χ4n) is 6.18. The van der Waals surface area contributed by atoms with Gasteiger partial charge in [-0.3, -0.25) is 0 Å². The Hall–Kier alpha value is -3.00. The lowest BCUT2D eigenvalue weighted by Crippen LogP contribution is -2.59. The summed E-state index contributed by atoms with van der Waals surface area (Å²) in [5.74, 6) is 3.62. The van der Waals surface area contributed by atoms with Crippen LogP contribution in [0.5, 0.6) is 0 Å². The van der Waals surface area contributed by atoms with E-state index in [1.807, 2.05) is 37.4 Å². The number of benzene rings is 1. The Morgan fingerprint density at radius 1 is 1.16 bits per heavy atom. The second kappa shape index (κ2) is 7.02. The van der Waals surface area contributed by atoms with Crippen LogP contribution >= 0.6 is 0 Å². The number of hydrogen-bond acceptors (Lipinski definition) is 8. The van der Waals surface area contributed by atoms with E-state index in [0.717, 1.165) is 41.9 Å². The molecule has 2 atom stereocenters. The molecule has 4 aliphatic carbocycles. The first-order chi connectivity index (χ1) is 15.0. The van der Waals surface area contributed by atoms with Gasteiger partial charge in [-0.25, -0.2) is 4.98 Å². The summed E-state index contributed by atoms with van der Waals surface area (Å²) in [7, 11) is 0. The van der Waals surface area contributed by atoms with E-state index in [-0.39, 0.29) is 0 Å². The summed E-state index contributed by atoms with van der Waals surface area (Å²) >= 11 is 0. The molecule has 1 aromatic carbocycles. The number of aliphatic hydroxyl groups is 1. The third-order valence-corrected chi connectivity index (χ3v) is 7.24. The maximum absolute atomic E-state index is 10.9. The number of nitrogens with one attached hydrogen (secondary N) is 2. The van der Waals surface area contributed by atoms with Crippen LogP contribution in [0.15, 0.2) is 41.3 Å². The summed E-state index contributed by atoms with van der Waals surface area (Å²) in [5.41, 5.74) is 2.28. The summed E-state index contributed by atoms with van der Waals surface area (Å²) in [6, 6.07) is 8.10. The van der Waals surface area contributed by atoms with Crippen molar-refractivity contribution in [3.63, 3.8) is 0 Å². The summed E-state index contributed by atoms with van der Waals surface area (Å²) in [6.45, 7) is 2.03. The molecule has 4 aliphatic rings. The summed E-state index contributed by atoms with van der Waals surface area (Å²) in [6.07, 6.45) is 8.42. The van der Waals surface area contributed by atoms with Crippen LogP contribution in [-0.2, 0) is 0 Å². The van der Waals surface area contributed by atoms with E-state index < -0.39 is 5.60 Å². The zero-order chi connectivity index (χ0) is 21.0. The molecule has 160 valence electrons. The number of nitrogens with zero attached hydrogens (tertiary/aromatic N) is 4. The lowest BCUT2D eigenvalue weighted by Gasteiger charge is -2.58. The van der Waals surface area contributed by atoms with Gasteiger partial charge in [0.1, 0.15) is 5.82 Å². The van der Waals surface area contributed by atoms with E-state index in [4.69, 9.17) is 9.40 Å². The van der Waals surface area contributed by atoms with Crippen molar-refractivity contribution in [2.75, 3.05) is 10.6 Å². The van der Waals surface area contributed by atoms with Crippen molar-refractivity contribution >= 4 is 17.5 Å². The zero-order valence-electron chi connectivity index (χ0n) is 17.5. The molecule has 2 aromatic heterocycles. The third kappa shape index (κ3) is 3.44. The van der Waals surface area contributed by atoms with E-state index >= 15 is 0 Å². The quantitative estimate of drug-likeness (QED) is 0.572. The highest BCUT2D eigenvalue weighted by atomic mass is 16.4. The molecule has 7 rings (SSSR count). The van der Waals surface area contributed by atoms with Gasteiger partial charge in [0.25, 0.3) is 0 Å². The third-order valence-electron chi connectivity index (χ3n) is 7.24. The van der Waals surface area contributed by atoms with Gasteiger partial charge in [0, 0.05) is 29.1 Å². The lowest BCUT2D eigenvalue weighted by molar-refractivity contribution is -0.129. The van der Waals surface area contributed by atoms with Crippen molar-refractivity contribution in [2.45, 2.75) is 50.7 Å². The van der Waals surface area contributed by atoms with Gasteiger partial charge in [0.05, 0.1) is 5.60 Å². The van der Waals surface area contributed by atoms with Gasteiger partial charge in [-0.05, 0) is 75.0 Å². The molecule has 0 saturated heterocycles. The van der Waals surface area contributed by atoms with Crippen molar-refractivity contribution in [3.8, 4) is 11.5 Å². The first-order valence-corrected chi connectivity index (χ1v) is 11.0. The number of aromatic nitrogens is 4. The van der Waals surface area contributed by atoms with Gasteiger partial charge >= 0.3 is 0 Å². The van der Waals surface area contributed by atoms with Gasteiger partial charge in [-0.2, -0.15) is 4.98 Å². The van der Waals surface area contributed by atoms with Gasteiger partial charge in [-0.1, -0.05) is 6.07 Å². The van der Waals surface area contributed by atoms with Crippen molar-refractivity contribution < 1.29 is 9.52 Å². The van der Waals surface area contributed by atoms with Gasteiger partial charge in [-0.15, -0.1) is 10.2 Å². The fourth-order valence-corrected chi connectivity index (χ4v) is 6.18. The van der Waals surface area contributed by atoms with Crippen LogP contribution < -0.4 is 10.6 Å². The Labute approximate surface area is 180 Å². The predicted molar refractivity (Wildman–Crippen MR) is 116 cm³/mol. The predicted octanol–water partition coefficient (Wildman–Crippen LogP) is 3.93. The highest BCUT2D eigenvalue weighted by Crippen LogP contribution is 2.56. The first kappa shape index (κ1) is 18.7. The molecule has 2 unspecified atom stereocenters. The van der Waals surface area contributed by atoms with E-state index in [0.29, 0.717) is 35.6 Å². The highest BCUT2D eigenvalue weighted by Gasteiger charge is 2.54. The van der Waals surface area contributed by atoms with Crippen molar-refractivity contribution in [3.05, 3.63) is 42.4 Å². The molecule has 31 heavy (non-hydrogen) atoms. The first-order valence-electron chi connectivity index (χ1n) is 11.0. The molecule has 0 spiro atoms. The summed E-state index contributed by atoms with van der Waals surface area (Å²) in [4.78, 5) is 9.25. The van der Waals surface area contributed by atoms with Crippen LogP contribution in [0.1, 0.15) is 37.7 Å². The molecule has 4 saturated carbocycles. The molecule has 0 radical (unpaired) electrons. The van der Waals surface area contributed by atoms with Gasteiger partial charge < -0.3 is 20.2 Å². The van der Waals surface area contributed by atoms with Gasteiger partial charge in [0.2, 0.25) is 18.2 Å². The zero-order valence-corrected chi connectivity index (χ0v) is 17.5. The van der Waals surface area contributed by atoms with E-state index in [2.05, 4.69) is 25.8 Å². The van der Waals surface area contributed by atoms with Crippen molar-refractivity contribution in [1.82, 2.24) is 20.2 Å². The van der Waals surface area contributed by atoms with Crippen molar-refractivity contribution in [2.24, 2.45) is 17.8 Å². The normalized spacial score (nSPS) is 31.0. The van der Waals surface area contributed by atoms with Crippen LogP contribution in [0.2, 0.25) is 0 Å². The molecule has 8 heteroatoms. The molecular formula is C23H26N6O2. The Morgan fingerprint density at radius 2 is 2.00 bits per heavy atom. The Balaban J connectivity index is 1.22. The Bertz CT molecular complexity index is 1090. The average Bonchev–Trinajstić information content (AvgIpc) is 3.27. The molecule has 3 N–H and O–H groups in total. The monoisotopic (exact) mass is 418 g/mol. The largest absolute Gasteiger partial charge is 0.423 e. The minimum absolute atomic E-state index is 0.374. The van der Waals surface area contributed by atoms with Crippen LogP contribution in [0, 0.1) is 24.7 Å². The smallest absolute Gasteiger partial charge is 0.247 e. The summed E-state index contributed by atoms with van der Waals surface area (Å²) < 4.78 is 5.29. The SMILES string of the molecule is Cc1cnc(Nc2cccc(-c3nnco3)c2)nc1N[C@H]1C2CC3CC1C[C@@](O)(C3)C2. The second-order valence-electron chi connectivity index (χ2n) is 9.54. The number of rotatable bonds is 5. The minimum Gasteiger partial charge on any atom is -0.423 e. The lowest BCUT2D eigenvalue weighted by atomic mass is 9.52. The molecule has 4 fully saturated rings. The van der Waals surface area contributed by atoms with Gasteiger partial charge in [0.15, 0.2) is 0 Å². The highest BCUT2D eigenvalue weighted by molar-refractivity contribution is 5.64. The molecule has 3 aromatic rings. The number of anilines is 3. The average molecular weight is 419 g/mol. The summed E-state index contributed by atoms with van der Waals surface area (Å²) in [5, 5.41) is 25.6. The molecule has 4 bridgehead atoms. The number of hydrogen-bond donors (Lipinski definition) is 3. The maximum atomic E-state index is 10.9. The molecule has 0 aliphatic heterocycles. The van der Waals surface area contributed by atoms with E-state index in [9.17, 15) is 5.11 Å². The topological polar surface area (TPSA) is 109 Å². The molecule has 0 amide bonds. The van der Waals surface area contributed by atoms with E-state index in [1.165, 1.54) is 19.2 Å². The van der Waals surface area contributed by atoms with Crippen LogP contribution in [0.3, 0.4) is 0 Å².